The van der Waals surface area contributed by atoms with E-state index in [2.05, 4.69) is 10.3 Å². The van der Waals surface area contributed by atoms with Crippen LogP contribution in [0.1, 0.15) is 28.0 Å². The summed E-state index contributed by atoms with van der Waals surface area (Å²) in [5, 5.41) is 4.75. The Morgan fingerprint density at radius 2 is 2.07 bits per heavy atom. The highest BCUT2D eigenvalue weighted by Crippen LogP contribution is 2.29. The van der Waals surface area contributed by atoms with Gasteiger partial charge in [0.15, 0.2) is 5.13 Å². The zero-order valence-corrected chi connectivity index (χ0v) is 16.2. The molecule has 0 saturated carbocycles. The van der Waals surface area contributed by atoms with E-state index in [-0.39, 0.29) is 18.7 Å². The maximum absolute atomic E-state index is 12.9. The van der Waals surface area contributed by atoms with Gasteiger partial charge in [-0.15, -0.1) is 11.3 Å². The lowest BCUT2D eigenvalue weighted by Crippen LogP contribution is -2.39. The van der Waals surface area contributed by atoms with Crippen LogP contribution >= 0.6 is 11.3 Å². The van der Waals surface area contributed by atoms with Crippen LogP contribution in [0, 0.1) is 6.92 Å². The second-order valence-electron chi connectivity index (χ2n) is 5.99. The maximum atomic E-state index is 12.9. The number of benzene rings is 1. The molecule has 28 heavy (non-hydrogen) atoms. The first-order valence-electron chi connectivity index (χ1n) is 8.38. The van der Waals surface area contributed by atoms with Gasteiger partial charge < -0.3 is 15.0 Å². The van der Waals surface area contributed by atoms with E-state index in [0.717, 1.165) is 17.8 Å². The van der Waals surface area contributed by atoms with Gasteiger partial charge >= 0.3 is 6.18 Å². The quantitative estimate of drug-likeness (QED) is 0.669. The first-order chi connectivity index (χ1) is 13.2. The van der Waals surface area contributed by atoms with Crippen LogP contribution in [0.25, 0.3) is 0 Å². The molecule has 1 heterocycles. The number of halogens is 3. The molecule has 0 fully saturated rings. The van der Waals surface area contributed by atoms with Crippen molar-refractivity contribution in [1.82, 2.24) is 9.88 Å². The number of alkyl halides is 3. The number of methoxy groups -OCH3 is 1. The largest absolute Gasteiger partial charge is 0.416 e. The molecule has 2 rings (SSSR count). The van der Waals surface area contributed by atoms with Gasteiger partial charge in [0.05, 0.1) is 11.3 Å². The summed E-state index contributed by atoms with van der Waals surface area (Å²) in [5.41, 5.74) is -0.305. The highest BCUT2D eigenvalue weighted by molar-refractivity contribution is 7.13. The fourth-order valence-electron chi connectivity index (χ4n) is 2.41. The zero-order chi connectivity index (χ0) is 20.7. The molecule has 0 aliphatic heterocycles. The van der Waals surface area contributed by atoms with Crippen molar-refractivity contribution < 1.29 is 27.5 Å². The van der Waals surface area contributed by atoms with Crippen molar-refractivity contribution in [3.05, 3.63) is 46.5 Å². The van der Waals surface area contributed by atoms with Crippen LogP contribution in [-0.4, -0.2) is 48.5 Å². The zero-order valence-electron chi connectivity index (χ0n) is 15.4. The SMILES string of the molecule is COCCCN(CC(=O)Nc1nc(C)cs1)C(=O)c1cccc(C(F)(F)F)c1. The highest BCUT2D eigenvalue weighted by atomic mass is 32.1. The Morgan fingerprint density at radius 1 is 1.32 bits per heavy atom. The maximum Gasteiger partial charge on any atom is 0.416 e. The second kappa shape index (κ2) is 9.65. The molecule has 10 heteroatoms. The first kappa shape index (κ1) is 21.8. The first-order valence-corrected chi connectivity index (χ1v) is 9.26. The summed E-state index contributed by atoms with van der Waals surface area (Å²) in [5.74, 6) is -1.14. The second-order valence-corrected chi connectivity index (χ2v) is 6.85. The average Bonchev–Trinajstić information content (AvgIpc) is 3.04. The number of carbonyl (C=O) groups is 2. The number of hydrogen-bond donors (Lipinski definition) is 1. The van der Waals surface area contributed by atoms with Crippen LogP contribution in [0.2, 0.25) is 0 Å². The molecule has 0 atom stereocenters. The van der Waals surface area contributed by atoms with Crippen molar-refractivity contribution >= 4 is 28.3 Å². The molecule has 152 valence electrons. The number of amides is 2. The normalized spacial score (nSPS) is 11.3. The average molecular weight is 415 g/mol. The van der Waals surface area contributed by atoms with Crippen LogP contribution in [0.4, 0.5) is 18.3 Å². The number of hydrogen-bond acceptors (Lipinski definition) is 5. The van der Waals surface area contributed by atoms with Gasteiger partial charge in [0.25, 0.3) is 5.91 Å². The number of rotatable bonds is 8. The van der Waals surface area contributed by atoms with E-state index in [4.69, 9.17) is 4.74 Å². The number of aryl methyl sites for hydroxylation is 1. The van der Waals surface area contributed by atoms with Gasteiger partial charge in [0.2, 0.25) is 5.91 Å². The van der Waals surface area contributed by atoms with Gasteiger partial charge in [-0.2, -0.15) is 13.2 Å². The number of nitrogens with zero attached hydrogens (tertiary/aromatic N) is 2. The number of thiazole rings is 1. The van der Waals surface area contributed by atoms with Gasteiger partial charge in [-0.3, -0.25) is 9.59 Å². The summed E-state index contributed by atoms with van der Waals surface area (Å²) in [6.45, 7) is 1.98. The van der Waals surface area contributed by atoms with Crippen LogP contribution in [-0.2, 0) is 15.7 Å². The number of anilines is 1. The molecule has 0 bridgehead atoms. The Kier molecular flexibility index (Phi) is 7.53. The fraction of sp³-hybridized carbons (Fsp3) is 0.389. The summed E-state index contributed by atoms with van der Waals surface area (Å²) in [7, 11) is 1.50. The molecule has 0 radical (unpaired) electrons. The van der Waals surface area contributed by atoms with Crippen LogP contribution in [0.15, 0.2) is 29.6 Å². The predicted molar refractivity (Wildman–Crippen MR) is 99.3 cm³/mol. The summed E-state index contributed by atoms with van der Waals surface area (Å²) < 4.78 is 43.7. The third-order valence-electron chi connectivity index (χ3n) is 3.70. The van der Waals surface area contributed by atoms with Crippen molar-refractivity contribution in [2.75, 3.05) is 32.1 Å². The molecule has 1 aromatic heterocycles. The Morgan fingerprint density at radius 3 is 2.68 bits per heavy atom. The Hall–Kier alpha value is -2.46. The minimum Gasteiger partial charge on any atom is -0.385 e. The Labute approximate surface area is 164 Å². The third kappa shape index (κ3) is 6.31. The molecule has 1 N–H and O–H groups in total. The Balaban J connectivity index is 2.14. The summed E-state index contributed by atoms with van der Waals surface area (Å²) in [6.07, 6.45) is -4.12. The molecular formula is C18H20F3N3O3S. The Bertz CT molecular complexity index is 824. The number of carbonyl (C=O) groups excluding carboxylic acids is 2. The number of aromatic nitrogens is 1. The van der Waals surface area contributed by atoms with Gasteiger partial charge in [-0.1, -0.05) is 6.07 Å². The van der Waals surface area contributed by atoms with Crippen molar-refractivity contribution in [1.29, 1.82) is 0 Å². The molecule has 6 nitrogen and oxygen atoms in total. The minimum atomic E-state index is -4.56. The smallest absolute Gasteiger partial charge is 0.385 e. The van der Waals surface area contributed by atoms with E-state index < -0.39 is 23.6 Å². The van der Waals surface area contributed by atoms with Crippen molar-refractivity contribution in [2.24, 2.45) is 0 Å². The number of nitrogens with one attached hydrogen (secondary N) is 1. The molecule has 0 aliphatic rings. The summed E-state index contributed by atoms with van der Waals surface area (Å²) in [4.78, 5) is 30.3. The van der Waals surface area contributed by atoms with Crippen LogP contribution in [0.5, 0.6) is 0 Å². The standard InChI is InChI=1S/C18H20F3N3O3S/c1-12-11-28-17(22-12)23-15(25)10-24(7-4-8-27-2)16(26)13-5-3-6-14(9-13)18(19,20)21/h3,5-6,9,11H,4,7-8,10H2,1-2H3,(H,22,23,25). The van der Waals surface area contributed by atoms with E-state index in [9.17, 15) is 22.8 Å². The third-order valence-corrected chi connectivity index (χ3v) is 4.58. The predicted octanol–water partition coefficient (Wildman–Crippen LogP) is 3.59. The molecule has 0 aliphatic carbocycles. The molecule has 0 saturated heterocycles. The monoisotopic (exact) mass is 415 g/mol. The van der Waals surface area contributed by atoms with Gasteiger partial charge in [0.1, 0.15) is 6.54 Å². The molecule has 2 aromatic rings. The van der Waals surface area contributed by atoms with Gasteiger partial charge in [-0.05, 0) is 31.5 Å². The van der Waals surface area contributed by atoms with Crippen molar-refractivity contribution in [3.63, 3.8) is 0 Å². The van der Waals surface area contributed by atoms with Crippen molar-refractivity contribution in [2.45, 2.75) is 19.5 Å². The molecular weight excluding hydrogens is 395 g/mol. The van der Waals surface area contributed by atoms with Crippen LogP contribution < -0.4 is 5.32 Å². The lowest BCUT2D eigenvalue weighted by atomic mass is 10.1. The minimum absolute atomic E-state index is 0.134. The number of ether oxygens (including phenoxy) is 1. The van der Waals surface area contributed by atoms with Crippen LogP contribution in [0.3, 0.4) is 0 Å². The molecule has 1 aromatic carbocycles. The fourth-order valence-corrected chi connectivity index (χ4v) is 3.11. The molecule has 0 spiro atoms. The van der Waals surface area contributed by atoms with E-state index in [1.807, 2.05) is 0 Å². The van der Waals surface area contributed by atoms with E-state index in [1.165, 1.54) is 35.5 Å². The lowest BCUT2D eigenvalue weighted by molar-refractivity contribution is -0.137. The molecule has 2 amide bonds. The lowest BCUT2D eigenvalue weighted by Gasteiger charge is -2.22. The van der Waals surface area contributed by atoms with Gasteiger partial charge in [0, 0.05) is 31.2 Å². The topological polar surface area (TPSA) is 71.5 Å². The van der Waals surface area contributed by atoms with Gasteiger partial charge in [-0.25, -0.2) is 4.98 Å². The van der Waals surface area contributed by atoms with E-state index in [1.54, 1.807) is 12.3 Å². The van der Waals surface area contributed by atoms with E-state index in [0.29, 0.717) is 18.2 Å². The summed E-state index contributed by atoms with van der Waals surface area (Å²) in [6, 6.07) is 4.14. The highest BCUT2D eigenvalue weighted by Gasteiger charge is 2.31. The summed E-state index contributed by atoms with van der Waals surface area (Å²) >= 11 is 1.24. The molecule has 0 unspecified atom stereocenters. The van der Waals surface area contributed by atoms with Crippen molar-refractivity contribution in [3.8, 4) is 0 Å². The van der Waals surface area contributed by atoms with E-state index >= 15 is 0 Å².